The topological polar surface area (TPSA) is 69.0 Å². The number of carbonyl (C=O) groups is 1. The molecule has 0 atom stereocenters. The number of nitrogens with zero attached hydrogens (tertiary/aromatic N) is 3. The molecule has 1 aromatic carbocycles. The zero-order chi connectivity index (χ0) is 17.4. The normalized spacial score (nSPS) is 10.8. The average molecular weight is 352 g/mol. The number of amides is 1. The van der Waals surface area contributed by atoms with E-state index in [1.165, 1.54) is 23.9 Å². The Kier molecular flexibility index (Phi) is 7.20. The molecule has 0 radical (unpaired) electrons. The number of benzene rings is 1. The van der Waals surface area contributed by atoms with Crippen LogP contribution in [0.25, 0.3) is 0 Å². The molecule has 0 saturated carbocycles. The van der Waals surface area contributed by atoms with Crippen LogP contribution < -0.4 is 5.32 Å². The van der Waals surface area contributed by atoms with Gasteiger partial charge in [0.15, 0.2) is 5.16 Å². The number of aromatic nitrogens is 3. The number of hydrogen-bond donors (Lipinski definition) is 1. The summed E-state index contributed by atoms with van der Waals surface area (Å²) in [5.41, 5.74) is 0.177. The molecule has 0 unspecified atom stereocenters. The fourth-order valence-electron chi connectivity index (χ4n) is 2.12. The third-order valence-electron chi connectivity index (χ3n) is 3.27. The van der Waals surface area contributed by atoms with Gasteiger partial charge in [-0.15, -0.1) is 10.2 Å². The lowest BCUT2D eigenvalue weighted by molar-refractivity contribution is -0.113. The van der Waals surface area contributed by atoms with Crippen molar-refractivity contribution >= 4 is 23.4 Å². The van der Waals surface area contributed by atoms with Crippen molar-refractivity contribution in [3.63, 3.8) is 0 Å². The molecule has 8 heteroatoms. The molecule has 1 heterocycles. The molecule has 1 amide bonds. The fourth-order valence-corrected chi connectivity index (χ4v) is 2.90. The van der Waals surface area contributed by atoms with Gasteiger partial charge in [0.25, 0.3) is 0 Å². The molecule has 0 aliphatic rings. The van der Waals surface area contributed by atoms with E-state index >= 15 is 0 Å². The van der Waals surface area contributed by atoms with Gasteiger partial charge in [0.1, 0.15) is 11.6 Å². The lowest BCUT2D eigenvalue weighted by Gasteiger charge is -2.09. The largest absolute Gasteiger partial charge is 0.383 e. The van der Waals surface area contributed by atoms with Crippen molar-refractivity contribution in [2.24, 2.45) is 0 Å². The van der Waals surface area contributed by atoms with E-state index in [1.54, 1.807) is 19.2 Å². The Morgan fingerprint density at radius 3 is 2.88 bits per heavy atom. The van der Waals surface area contributed by atoms with E-state index in [9.17, 15) is 9.18 Å². The van der Waals surface area contributed by atoms with Gasteiger partial charge in [0.05, 0.1) is 18.0 Å². The van der Waals surface area contributed by atoms with Crippen LogP contribution in [-0.2, 0) is 22.5 Å². The molecule has 1 N–H and O–H groups in total. The molecule has 1 aromatic heterocycles. The zero-order valence-electron chi connectivity index (χ0n) is 13.8. The van der Waals surface area contributed by atoms with Gasteiger partial charge in [-0.2, -0.15) is 0 Å². The molecule has 130 valence electrons. The van der Waals surface area contributed by atoms with Gasteiger partial charge in [-0.05, 0) is 18.6 Å². The Morgan fingerprint density at radius 2 is 2.17 bits per heavy atom. The summed E-state index contributed by atoms with van der Waals surface area (Å²) in [7, 11) is 1.64. The van der Waals surface area contributed by atoms with E-state index in [2.05, 4.69) is 22.4 Å². The molecule has 0 saturated heterocycles. The minimum Gasteiger partial charge on any atom is -0.383 e. The number of carbonyl (C=O) groups excluding carboxylic acids is 1. The van der Waals surface area contributed by atoms with Crippen LogP contribution in [0.5, 0.6) is 0 Å². The van der Waals surface area contributed by atoms with Crippen molar-refractivity contribution in [2.75, 3.05) is 24.8 Å². The van der Waals surface area contributed by atoms with E-state index in [0.29, 0.717) is 18.3 Å². The highest BCUT2D eigenvalue weighted by Gasteiger charge is 2.14. The van der Waals surface area contributed by atoms with Crippen LogP contribution in [0.4, 0.5) is 10.1 Å². The van der Waals surface area contributed by atoms with Gasteiger partial charge in [0, 0.05) is 20.1 Å². The third-order valence-corrected chi connectivity index (χ3v) is 4.23. The van der Waals surface area contributed by atoms with Crippen molar-refractivity contribution in [2.45, 2.75) is 31.5 Å². The summed E-state index contributed by atoms with van der Waals surface area (Å²) in [4.78, 5) is 12.0. The molecule has 0 bridgehead atoms. The van der Waals surface area contributed by atoms with Gasteiger partial charge < -0.3 is 14.6 Å². The van der Waals surface area contributed by atoms with Gasteiger partial charge in [-0.1, -0.05) is 30.8 Å². The number of nitrogens with one attached hydrogen (secondary N) is 1. The number of anilines is 1. The van der Waals surface area contributed by atoms with Crippen LogP contribution in [0.2, 0.25) is 0 Å². The zero-order valence-corrected chi connectivity index (χ0v) is 14.6. The third kappa shape index (κ3) is 5.04. The summed E-state index contributed by atoms with van der Waals surface area (Å²) in [6, 6.07) is 6.08. The SMILES string of the molecule is CCCc1nnc(SCC(=O)Nc2ccccc2F)n1CCOC. The minimum atomic E-state index is -0.454. The first-order chi connectivity index (χ1) is 11.7. The minimum absolute atomic E-state index is 0.131. The van der Waals surface area contributed by atoms with E-state index in [1.807, 2.05) is 4.57 Å². The number of aryl methyl sites for hydroxylation is 1. The molecule has 2 rings (SSSR count). The second-order valence-corrected chi connectivity index (χ2v) is 6.05. The van der Waals surface area contributed by atoms with E-state index in [4.69, 9.17) is 4.74 Å². The maximum atomic E-state index is 13.5. The number of methoxy groups -OCH3 is 1. The van der Waals surface area contributed by atoms with Crippen molar-refractivity contribution in [1.82, 2.24) is 14.8 Å². The Hall–Kier alpha value is -1.93. The van der Waals surface area contributed by atoms with Crippen LogP contribution in [0.1, 0.15) is 19.2 Å². The molecule has 0 aliphatic heterocycles. The lowest BCUT2D eigenvalue weighted by Crippen LogP contribution is -2.16. The van der Waals surface area contributed by atoms with Crippen molar-refractivity contribution in [3.8, 4) is 0 Å². The summed E-state index contributed by atoms with van der Waals surface area (Å²) in [6.45, 7) is 3.25. The Balaban J connectivity index is 1.97. The number of ether oxygens (including phenoxy) is 1. The highest BCUT2D eigenvalue weighted by Crippen LogP contribution is 2.19. The second-order valence-electron chi connectivity index (χ2n) is 5.11. The van der Waals surface area contributed by atoms with Gasteiger partial charge >= 0.3 is 0 Å². The monoisotopic (exact) mass is 352 g/mol. The number of halogens is 1. The number of thioether (sulfide) groups is 1. The first-order valence-electron chi connectivity index (χ1n) is 7.74. The van der Waals surface area contributed by atoms with Crippen molar-refractivity contribution in [1.29, 1.82) is 0 Å². The average Bonchev–Trinajstić information content (AvgIpc) is 2.95. The smallest absolute Gasteiger partial charge is 0.234 e. The molecule has 0 aliphatic carbocycles. The fraction of sp³-hybridized carbons (Fsp3) is 0.438. The van der Waals surface area contributed by atoms with Crippen LogP contribution in [0.15, 0.2) is 29.4 Å². The first-order valence-corrected chi connectivity index (χ1v) is 8.72. The molecule has 2 aromatic rings. The molecular weight excluding hydrogens is 331 g/mol. The Labute approximate surface area is 144 Å². The van der Waals surface area contributed by atoms with Gasteiger partial charge in [-0.3, -0.25) is 4.79 Å². The summed E-state index contributed by atoms with van der Waals surface area (Å²) in [5.74, 6) is 0.269. The maximum absolute atomic E-state index is 13.5. The van der Waals surface area contributed by atoms with Crippen LogP contribution in [-0.4, -0.2) is 40.1 Å². The highest BCUT2D eigenvalue weighted by molar-refractivity contribution is 7.99. The standard InChI is InChI=1S/C16H21FN4O2S/c1-3-6-14-19-20-16(21(14)9-10-23-2)24-11-15(22)18-13-8-5-4-7-12(13)17/h4-5,7-8H,3,6,9-11H2,1-2H3,(H,18,22). The Morgan fingerprint density at radius 1 is 1.38 bits per heavy atom. The summed E-state index contributed by atoms with van der Waals surface area (Å²) < 4.78 is 20.6. The van der Waals surface area contributed by atoms with Crippen LogP contribution >= 0.6 is 11.8 Å². The molecule has 0 fully saturated rings. The van der Waals surface area contributed by atoms with E-state index in [-0.39, 0.29) is 17.3 Å². The summed E-state index contributed by atoms with van der Waals surface area (Å²) >= 11 is 1.28. The highest BCUT2D eigenvalue weighted by atomic mass is 32.2. The quantitative estimate of drug-likeness (QED) is 0.703. The van der Waals surface area contributed by atoms with E-state index in [0.717, 1.165) is 18.7 Å². The summed E-state index contributed by atoms with van der Waals surface area (Å²) in [6.07, 6.45) is 1.78. The molecular formula is C16H21FN4O2S. The van der Waals surface area contributed by atoms with E-state index < -0.39 is 5.82 Å². The van der Waals surface area contributed by atoms with Crippen LogP contribution in [0.3, 0.4) is 0 Å². The maximum Gasteiger partial charge on any atom is 0.234 e. The molecule has 24 heavy (non-hydrogen) atoms. The van der Waals surface area contributed by atoms with Crippen molar-refractivity contribution in [3.05, 3.63) is 35.9 Å². The number of rotatable bonds is 9. The van der Waals surface area contributed by atoms with Crippen LogP contribution in [0, 0.1) is 5.82 Å². The predicted molar refractivity (Wildman–Crippen MR) is 91.6 cm³/mol. The van der Waals surface area contributed by atoms with Gasteiger partial charge in [-0.25, -0.2) is 4.39 Å². The number of para-hydroxylation sites is 1. The molecule has 0 spiro atoms. The Bertz CT molecular complexity index is 678. The predicted octanol–water partition coefficient (Wildman–Crippen LogP) is 2.75. The number of hydrogen-bond acceptors (Lipinski definition) is 5. The second kappa shape index (κ2) is 9.39. The lowest BCUT2D eigenvalue weighted by atomic mass is 10.3. The molecule has 6 nitrogen and oxygen atoms in total. The van der Waals surface area contributed by atoms with Crippen molar-refractivity contribution < 1.29 is 13.9 Å². The first kappa shape index (κ1) is 18.4. The summed E-state index contributed by atoms with van der Waals surface area (Å²) in [5, 5.41) is 11.6. The van der Waals surface area contributed by atoms with Gasteiger partial charge in [0.2, 0.25) is 5.91 Å².